The highest BCUT2D eigenvalue weighted by atomic mass is 35.5. The van der Waals surface area contributed by atoms with Gasteiger partial charge in [-0.25, -0.2) is 0 Å². The van der Waals surface area contributed by atoms with Crippen molar-refractivity contribution < 1.29 is 68.0 Å². The van der Waals surface area contributed by atoms with Crippen molar-refractivity contribution >= 4 is 42.2 Å². The summed E-state index contributed by atoms with van der Waals surface area (Å²) in [7, 11) is 4.88. The number of aldehydes is 2. The van der Waals surface area contributed by atoms with Crippen LogP contribution in [0.4, 0.5) is 0 Å². The van der Waals surface area contributed by atoms with Crippen molar-refractivity contribution in [1.82, 2.24) is 0 Å². The molecule has 2 saturated heterocycles. The largest absolute Gasteiger partial charge is 0.483 e. The van der Waals surface area contributed by atoms with Crippen LogP contribution in [0.25, 0.3) is 0 Å². The molecule has 1 aromatic carbocycles. The molecule has 1 aromatic rings. The molecule has 0 aromatic heterocycles. The monoisotopic (exact) mass is 1080 g/mol. The predicted octanol–water partition coefficient (Wildman–Crippen LogP) is 10.6. The number of ether oxygens (including phenoxy) is 7. The number of halogens is 2. The molecule has 13 unspecified atom stereocenters. The molecule has 0 radical (unpaired) electrons. The van der Waals surface area contributed by atoms with Crippen LogP contribution in [-0.4, -0.2) is 134 Å². The Kier molecular flexibility index (Phi) is 29.5. The minimum absolute atomic E-state index is 0.0748. The first-order valence-electron chi connectivity index (χ1n) is 26.0. The second kappa shape index (κ2) is 32.6. The maximum absolute atomic E-state index is 12.5. The van der Waals surface area contributed by atoms with E-state index >= 15 is 0 Å². The number of methoxy groups -OCH3 is 3. The summed E-state index contributed by atoms with van der Waals surface area (Å²) < 4.78 is 43.4. The summed E-state index contributed by atoms with van der Waals surface area (Å²) in [6, 6.07) is 0. The molecule has 0 amide bonds. The summed E-state index contributed by atoms with van der Waals surface area (Å²) in [5.74, 6) is -0.238. The van der Waals surface area contributed by atoms with Crippen LogP contribution in [0, 0.1) is 36.5 Å². The van der Waals surface area contributed by atoms with Gasteiger partial charge >= 0.3 is 0 Å². The Balaban J connectivity index is 0.00000609. The summed E-state index contributed by atoms with van der Waals surface area (Å²) in [5.41, 5.74) is 4.77. The van der Waals surface area contributed by atoms with Gasteiger partial charge in [0.25, 0.3) is 6.47 Å². The highest BCUT2D eigenvalue weighted by Gasteiger charge is 2.50. The Morgan fingerprint density at radius 3 is 2.04 bits per heavy atom. The molecule has 74 heavy (non-hydrogen) atoms. The van der Waals surface area contributed by atoms with E-state index in [0.717, 1.165) is 35.0 Å². The first-order chi connectivity index (χ1) is 34.9. The molecular formula is C58H90Cl2O14. The third-order valence-electron chi connectivity index (χ3n) is 14.4. The van der Waals surface area contributed by atoms with E-state index in [1.54, 1.807) is 39.6 Å². The van der Waals surface area contributed by atoms with Gasteiger partial charge in [0, 0.05) is 60.3 Å². The van der Waals surface area contributed by atoms with Crippen LogP contribution >= 0.6 is 23.2 Å². The molecule has 0 bridgehead atoms. The van der Waals surface area contributed by atoms with Gasteiger partial charge in [-0.15, -0.1) is 0 Å². The van der Waals surface area contributed by atoms with Crippen LogP contribution < -0.4 is 0 Å². The predicted molar refractivity (Wildman–Crippen MR) is 292 cm³/mol. The zero-order chi connectivity index (χ0) is 56.2. The number of hydrogen-bond acceptors (Lipinski definition) is 13. The molecule has 13 atom stereocenters. The van der Waals surface area contributed by atoms with E-state index in [1.165, 1.54) is 0 Å². The molecule has 0 spiro atoms. The normalized spacial score (nSPS) is 26.7. The van der Waals surface area contributed by atoms with Gasteiger partial charge in [0.2, 0.25) is 0 Å². The molecule has 420 valence electrons. The van der Waals surface area contributed by atoms with Crippen molar-refractivity contribution in [3.8, 4) is 0 Å². The Morgan fingerprint density at radius 1 is 0.892 bits per heavy atom. The van der Waals surface area contributed by atoms with Crippen LogP contribution in [0.2, 0.25) is 10.0 Å². The zero-order valence-corrected chi connectivity index (χ0v) is 48.4. The molecule has 4 N–H and O–H groups in total. The number of aliphatic hydroxyl groups is 3. The molecule has 16 heteroatoms. The molecule has 2 aliphatic rings. The zero-order valence-electron chi connectivity index (χ0n) is 46.9. The van der Waals surface area contributed by atoms with Crippen LogP contribution in [0.15, 0.2) is 58.7 Å². The van der Waals surface area contributed by atoms with Gasteiger partial charge in [-0.2, -0.15) is 0 Å². The lowest BCUT2D eigenvalue weighted by molar-refractivity contribution is -0.323. The third-order valence-corrected chi connectivity index (χ3v) is 15.5. The van der Waals surface area contributed by atoms with Gasteiger partial charge in [0.15, 0.2) is 18.9 Å². The van der Waals surface area contributed by atoms with Crippen molar-refractivity contribution in [1.29, 1.82) is 0 Å². The molecule has 0 aliphatic carbocycles. The summed E-state index contributed by atoms with van der Waals surface area (Å²) >= 11 is 13.5. The lowest BCUT2D eigenvalue weighted by Crippen LogP contribution is -2.60. The van der Waals surface area contributed by atoms with E-state index in [-0.39, 0.29) is 43.4 Å². The minimum atomic E-state index is -1.27. The SMILES string of the molecule is CCc1c(Cl)c(C)c(Cl)c(CC2C(OC)C(C)OC(OC/C(C=O)=C\C=C\CC(O)/C(C)=C/C(CC)C(OC3OC(C)(C)C(CC(C)C)C(O)C3O)/C(C)=C/C(C)=C/CC(OC)C(C)C)C2OC)c1C=O.O=CO. The van der Waals surface area contributed by atoms with Gasteiger partial charge in [-0.3, -0.25) is 14.4 Å². The Morgan fingerprint density at radius 2 is 1.51 bits per heavy atom. The van der Waals surface area contributed by atoms with E-state index in [9.17, 15) is 24.9 Å². The highest BCUT2D eigenvalue weighted by Crippen LogP contribution is 2.42. The third kappa shape index (κ3) is 18.5. The lowest BCUT2D eigenvalue weighted by atomic mass is 9.76. The summed E-state index contributed by atoms with van der Waals surface area (Å²) in [6.45, 7) is 25.6. The van der Waals surface area contributed by atoms with Crippen molar-refractivity contribution in [2.45, 2.75) is 196 Å². The molecule has 0 saturated carbocycles. The molecule has 3 rings (SSSR count). The summed E-state index contributed by atoms with van der Waals surface area (Å²) in [4.78, 5) is 33.2. The second-order valence-corrected chi connectivity index (χ2v) is 21.7. The van der Waals surface area contributed by atoms with Gasteiger partial charge in [0.1, 0.15) is 18.5 Å². The van der Waals surface area contributed by atoms with Crippen molar-refractivity contribution in [2.24, 2.45) is 29.6 Å². The number of carboxylic acid groups (broad SMARTS) is 1. The minimum Gasteiger partial charge on any atom is -0.483 e. The number of carbonyl (C=O) groups excluding carboxylic acids is 2. The number of benzene rings is 1. The van der Waals surface area contributed by atoms with Crippen LogP contribution in [0.1, 0.15) is 136 Å². The lowest BCUT2D eigenvalue weighted by Gasteiger charge is -2.49. The van der Waals surface area contributed by atoms with E-state index in [2.05, 4.69) is 39.8 Å². The Bertz CT molecular complexity index is 2080. The number of rotatable bonds is 27. The average molecular weight is 1080 g/mol. The molecule has 14 nitrogen and oxygen atoms in total. The average Bonchev–Trinajstić information content (AvgIpc) is 3.35. The fourth-order valence-corrected chi connectivity index (χ4v) is 10.9. The quantitative estimate of drug-likeness (QED) is 0.0281. The van der Waals surface area contributed by atoms with Gasteiger partial charge in [0.05, 0.1) is 48.8 Å². The summed E-state index contributed by atoms with van der Waals surface area (Å²) in [6.07, 6.45) is 8.92. The van der Waals surface area contributed by atoms with Gasteiger partial charge in [-0.1, -0.05) is 107 Å². The van der Waals surface area contributed by atoms with E-state index < -0.39 is 60.9 Å². The Labute approximate surface area is 452 Å². The number of aliphatic hydroxyl groups excluding tert-OH is 3. The number of carbonyl (C=O) groups is 3. The van der Waals surface area contributed by atoms with Gasteiger partial charge < -0.3 is 53.6 Å². The highest BCUT2D eigenvalue weighted by molar-refractivity contribution is 6.37. The van der Waals surface area contributed by atoms with Crippen LogP contribution in [0.5, 0.6) is 0 Å². The topological polar surface area (TPSA) is 197 Å². The van der Waals surface area contributed by atoms with Crippen LogP contribution in [0.3, 0.4) is 0 Å². The fraction of sp³-hybridized carbons (Fsp3) is 0.672. The number of allylic oxidation sites excluding steroid dienone is 4. The molecular weight excluding hydrogens is 992 g/mol. The van der Waals surface area contributed by atoms with E-state index in [1.807, 2.05) is 68.4 Å². The number of hydrogen-bond donors (Lipinski definition) is 4. The first-order valence-corrected chi connectivity index (χ1v) is 26.7. The van der Waals surface area contributed by atoms with Crippen molar-refractivity contribution in [2.75, 3.05) is 27.9 Å². The van der Waals surface area contributed by atoms with Crippen LogP contribution in [-0.2, 0) is 55.6 Å². The van der Waals surface area contributed by atoms with E-state index in [0.29, 0.717) is 76.1 Å². The van der Waals surface area contributed by atoms with E-state index in [4.69, 9.17) is 66.3 Å². The van der Waals surface area contributed by atoms with Gasteiger partial charge in [-0.05, 0) is 127 Å². The molecule has 2 heterocycles. The fourth-order valence-electron chi connectivity index (χ4n) is 10.2. The molecule has 2 aliphatic heterocycles. The second-order valence-electron chi connectivity index (χ2n) is 21.0. The smallest absolute Gasteiger partial charge is 0.290 e. The Hall–Kier alpha value is -3.09. The van der Waals surface area contributed by atoms with Crippen molar-refractivity contribution in [3.05, 3.63) is 91.0 Å². The summed E-state index contributed by atoms with van der Waals surface area (Å²) in [5, 5.41) is 42.2. The maximum atomic E-state index is 12.5. The standard InChI is InChI=1S/C57H88Cl2O12.CH2O2/c1-17-40(52(36(9)26-34(7)23-24-47(65-14)33(5)6)70-55-51(64)50(63)45(25-32(3)4)57(12,13)71-55)27-35(8)46(62)22-20-19-21-39(29-60)31-68-56-54(67-16)43(53(66-15)38(11)69-56)28-42-44(30-61)41(18-2)48(58)37(10)49(42)59;2-1-3/h19-21,23,26-27,29-30,32-33,38,40,43,45-47,50-56,62-64H,17-18,22,24-25,28,31H2,1-16H3;1H,(H,2,3)/b20-19+,34-23+,35-27+,36-26+,39-21-;. The first kappa shape index (κ1) is 67.0. The maximum Gasteiger partial charge on any atom is 0.290 e. The molecule has 2 fully saturated rings. The van der Waals surface area contributed by atoms with Crippen molar-refractivity contribution in [3.63, 3.8) is 0 Å².